The van der Waals surface area contributed by atoms with E-state index in [1.165, 1.54) is 193 Å². The van der Waals surface area contributed by atoms with Gasteiger partial charge in [-0.25, -0.2) is 9.13 Å². The summed E-state index contributed by atoms with van der Waals surface area (Å²) < 4.78 is 68.6. The van der Waals surface area contributed by atoms with Crippen molar-refractivity contribution in [1.29, 1.82) is 0 Å². The number of phosphoric acid groups is 2. The van der Waals surface area contributed by atoms with Gasteiger partial charge in [0.15, 0.2) is 12.2 Å². The van der Waals surface area contributed by atoms with Crippen molar-refractivity contribution >= 4 is 39.5 Å². The molecule has 0 bridgehead atoms. The van der Waals surface area contributed by atoms with Crippen LogP contribution in [0.5, 0.6) is 0 Å². The summed E-state index contributed by atoms with van der Waals surface area (Å²) in [4.78, 5) is 72.9. The lowest BCUT2D eigenvalue weighted by Gasteiger charge is -2.21. The molecule has 0 heterocycles. The van der Waals surface area contributed by atoms with Gasteiger partial charge < -0.3 is 33.8 Å². The van der Waals surface area contributed by atoms with Crippen molar-refractivity contribution in [1.82, 2.24) is 0 Å². The maximum atomic E-state index is 13.1. The average Bonchev–Trinajstić information content (AvgIpc) is 1.54. The van der Waals surface area contributed by atoms with Crippen molar-refractivity contribution in [3.63, 3.8) is 0 Å². The van der Waals surface area contributed by atoms with Crippen molar-refractivity contribution in [3.05, 3.63) is 0 Å². The zero-order valence-electron chi connectivity index (χ0n) is 63.7. The second kappa shape index (κ2) is 67.2. The summed E-state index contributed by atoms with van der Waals surface area (Å²) in [6.07, 6.45) is 52.7. The smallest absolute Gasteiger partial charge is 0.462 e. The van der Waals surface area contributed by atoms with Crippen LogP contribution in [0.1, 0.15) is 396 Å². The summed E-state index contributed by atoms with van der Waals surface area (Å²) in [7, 11) is -9.92. The van der Waals surface area contributed by atoms with Gasteiger partial charge in [-0.15, -0.1) is 0 Å². The number of ether oxygens (including phenoxy) is 4. The Morgan fingerprint density at radius 1 is 0.289 bits per heavy atom. The number of hydrogen-bond acceptors (Lipinski definition) is 15. The molecule has 0 rings (SSSR count). The van der Waals surface area contributed by atoms with Crippen LogP contribution in [-0.4, -0.2) is 96.7 Å². The third-order valence-corrected chi connectivity index (χ3v) is 20.3. The van der Waals surface area contributed by atoms with Crippen LogP contribution in [0.3, 0.4) is 0 Å². The van der Waals surface area contributed by atoms with Crippen LogP contribution in [0.4, 0.5) is 0 Å². The number of esters is 4. The molecule has 19 heteroatoms. The number of carbonyl (C=O) groups is 4. The highest BCUT2D eigenvalue weighted by molar-refractivity contribution is 7.47. The Kier molecular flexibility index (Phi) is 65.9. The Balaban J connectivity index is 5.23. The lowest BCUT2D eigenvalue weighted by atomic mass is 9.99. The molecule has 0 aromatic heterocycles. The van der Waals surface area contributed by atoms with E-state index in [9.17, 15) is 43.2 Å². The first-order valence-corrected chi connectivity index (χ1v) is 43.2. The van der Waals surface area contributed by atoms with E-state index in [0.29, 0.717) is 31.6 Å². The van der Waals surface area contributed by atoms with Crippen molar-refractivity contribution in [2.75, 3.05) is 39.6 Å². The quantitative estimate of drug-likeness (QED) is 0.0222. The maximum absolute atomic E-state index is 13.1. The molecule has 0 aliphatic heterocycles. The summed E-state index contributed by atoms with van der Waals surface area (Å²) in [5.41, 5.74) is 0. The molecule has 0 saturated heterocycles. The van der Waals surface area contributed by atoms with Crippen LogP contribution in [-0.2, 0) is 65.4 Å². The first kappa shape index (κ1) is 95.1. The molecule has 17 nitrogen and oxygen atoms in total. The highest BCUT2D eigenvalue weighted by Gasteiger charge is 2.30. The summed E-state index contributed by atoms with van der Waals surface area (Å²) in [6, 6.07) is 0. The minimum absolute atomic E-state index is 0.105. The fraction of sp³-hybridized carbons (Fsp3) is 0.949. The van der Waals surface area contributed by atoms with Gasteiger partial charge >= 0.3 is 39.5 Å². The zero-order valence-corrected chi connectivity index (χ0v) is 65.5. The summed E-state index contributed by atoms with van der Waals surface area (Å²) >= 11 is 0. The minimum Gasteiger partial charge on any atom is -0.462 e. The van der Waals surface area contributed by atoms with E-state index in [4.69, 9.17) is 37.0 Å². The number of phosphoric ester groups is 2. The topological polar surface area (TPSA) is 237 Å². The van der Waals surface area contributed by atoms with Crippen molar-refractivity contribution in [3.8, 4) is 0 Å². The summed E-state index contributed by atoms with van der Waals surface area (Å²) in [6.45, 7) is 14.2. The summed E-state index contributed by atoms with van der Waals surface area (Å²) in [5, 5.41) is 10.6. The predicted molar refractivity (Wildman–Crippen MR) is 395 cm³/mol. The van der Waals surface area contributed by atoms with E-state index >= 15 is 0 Å². The first-order chi connectivity index (χ1) is 46.6. The third kappa shape index (κ3) is 70.9. The van der Waals surface area contributed by atoms with E-state index in [0.717, 1.165) is 114 Å². The fourth-order valence-electron chi connectivity index (χ4n) is 11.9. The second-order valence-electron chi connectivity index (χ2n) is 29.8. The van der Waals surface area contributed by atoms with Crippen molar-refractivity contribution in [2.45, 2.75) is 414 Å². The van der Waals surface area contributed by atoms with Crippen molar-refractivity contribution < 1.29 is 80.2 Å². The van der Waals surface area contributed by atoms with Gasteiger partial charge in [-0.05, 0) is 49.4 Å². The van der Waals surface area contributed by atoms with Crippen molar-refractivity contribution in [2.24, 2.45) is 23.7 Å². The van der Waals surface area contributed by atoms with E-state index < -0.39 is 97.5 Å². The number of rotatable bonds is 75. The van der Waals surface area contributed by atoms with Gasteiger partial charge in [0, 0.05) is 25.7 Å². The Morgan fingerprint density at radius 3 is 0.732 bits per heavy atom. The number of unbranched alkanes of at least 4 members (excludes halogenated alkanes) is 40. The molecule has 0 fully saturated rings. The second-order valence-corrected chi connectivity index (χ2v) is 32.7. The van der Waals surface area contributed by atoms with Crippen LogP contribution in [0.2, 0.25) is 0 Å². The molecule has 4 unspecified atom stereocenters. The monoisotopic (exact) mass is 1420 g/mol. The van der Waals surface area contributed by atoms with Crippen LogP contribution in [0.15, 0.2) is 0 Å². The van der Waals surface area contributed by atoms with E-state index in [-0.39, 0.29) is 25.7 Å². The van der Waals surface area contributed by atoms with Gasteiger partial charge in [0.25, 0.3) is 0 Å². The molecular weight excluding hydrogens is 1270 g/mol. The molecule has 3 N–H and O–H groups in total. The van der Waals surface area contributed by atoms with Crippen LogP contribution in [0.25, 0.3) is 0 Å². The van der Waals surface area contributed by atoms with Gasteiger partial charge in [0.2, 0.25) is 0 Å². The van der Waals surface area contributed by atoms with E-state index in [2.05, 4.69) is 55.4 Å². The molecule has 0 aromatic carbocycles. The molecule has 0 saturated carbocycles. The fourth-order valence-corrected chi connectivity index (χ4v) is 13.5. The number of aliphatic hydroxyl groups is 1. The first-order valence-electron chi connectivity index (χ1n) is 40.2. The zero-order chi connectivity index (χ0) is 71.7. The molecular formula is C78H152O17P2. The van der Waals surface area contributed by atoms with E-state index in [1.54, 1.807) is 0 Å². The normalized spacial score (nSPS) is 14.4. The molecule has 0 radical (unpaired) electrons. The molecule has 0 amide bonds. The highest BCUT2D eigenvalue weighted by atomic mass is 31.2. The Morgan fingerprint density at radius 2 is 0.495 bits per heavy atom. The standard InChI is InChI=1S/C78H152O17P2/c1-9-71(8)57-49-41-33-25-21-22-28-36-45-53-61-78(83)94-73(64-88-75(80)58-50-42-34-26-19-15-13-11-10-12-14-17-23-30-38-46-54-68(2)3)66-92-96(84,85)90-62-72(79)63-91-97(86,87)93-67-74(65-89-76(81)59-51-43-37-29-32-40-48-56-70(6)7)95-77(82)60-52-44-35-27-20-16-18-24-31-39-47-55-69(4)5/h68-74,79H,9-67H2,1-8H3,(H,84,85)(H,86,87)/t71?,72?,73-,74-/m1/s1. The number of carbonyl (C=O) groups excluding carboxylic acids is 4. The Labute approximate surface area is 594 Å². The summed E-state index contributed by atoms with van der Waals surface area (Å²) in [5.74, 6) is 0.967. The van der Waals surface area contributed by atoms with Gasteiger partial charge in [-0.3, -0.25) is 37.3 Å². The molecule has 576 valence electrons. The molecule has 97 heavy (non-hydrogen) atoms. The van der Waals surface area contributed by atoms with Crippen LogP contribution >= 0.6 is 15.6 Å². The Hall–Kier alpha value is -1.94. The predicted octanol–water partition coefficient (Wildman–Crippen LogP) is 22.8. The van der Waals surface area contributed by atoms with Gasteiger partial charge in [0.05, 0.1) is 26.4 Å². The largest absolute Gasteiger partial charge is 0.472 e. The third-order valence-electron chi connectivity index (χ3n) is 18.4. The molecule has 0 aromatic rings. The Bertz CT molecular complexity index is 1900. The lowest BCUT2D eigenvalue weighted by Crippen LogP contribution is -2.30. The molecule has 0 spiro atoms. The van der Waals surface area contributed by atoms with Gasteiger partial charge in [-0.2, -0.15) is 0 Å². The van der Waals surface area contributed by atoms with Gasteiger partial charge in [-0.1, -0.05) is 344 Å². The highest BCUT2D eigenvalue weighted by Crippen LogP contribution is 2.45. The minimum atomic E-state index is -4.96. The van der Waals surface area contributed by atoms with Crippen LogP contribution < -0.4 is 0 Å². The van der Waals surface area contributed by atoms with E-state index in [1.807, 2.05) is 0 Å². The van der Waals surface area contributed by atoms with Crippen LogP contribution in [0, 0.1) is 23.7 Å². The number of aliphatic hydroxyl groups excluding tert-OH is 1. The molecule has 0 aliphatic carbocycles. The average molecular weight is 1420 g/mol. The molecule has 6 atom stereocenters. The SMILES string of the molecule is CCC(C)CCCCCCCCCCCCC(=O)O[C@H](COC(=O)CCCCCCCCCCCCCCCCCCC(C)C)COP(=O)(O)OCC(O)COP(=O)(O)OC[C@@H](COC(=O)CCCCCCCCCC(C)C)OC(=O)CCCCCCCCCCCCCC(C)C. The lowest BCUT2D eigenvalue weighted by molar-refractivity contribution is -0.161. The molecule has 0 aliphatic rings. The number of hydrogen-bond donors (Lipinski definition) is 3. The maximum Gasteiger partial charge on any atom is 0.472 e. The van der Waals surface area contributed by atoms with Gasteiger partial charge in [0.1, 0.15) is 19.3 Å².